The third kappa shape index (κ3) is 3.10. The molecule has 128 valence electrons. The van der Waals surface area contributed by atoms with Crippen molar-refractivity contribution in [2.45, 2.75) is 6.42 Å². The molecule has 0 fully saturated rings. The van der Waals surface area contributed by atoms with Crippen LogP contribution in [0.4, 0.5) is 0 Å². The number of hydrogen-bond acceptors (Lipinski definition) is 6. The number of carbonyl (C=O) groups excluding carboxylic acids is 1. The molecule has 3 aromatic rings. The Morgan fingerprint density at radius 1 is 1.40 bits per heavy atom. The van der Waals surface area contributed by atoms with Crippen molar-refractivity contribution >= 4 is 11.6 Å². The summed E-state index contributed by atoms with van der Waals surface area (Å²) < 4.78 is 12.5. The maximum Gasteiger partial charge on any atom is 0.251 e. The highest BCUT2D eigenvalue weighted by atomic mass is 16.5. The zero-order valence-corrected chi connectivity index (χ0v) is 13.7. The first-order valence-corrected chi connectivity index (χ1v) is 7.98. The molecule has 8 nitrogen and oxygen atoms in total. The lowest BCUT2D eigenvalue weighted by atomic mass is 9.96. The van der Waals surface area contributed by atoms with E-state index in [1.54, 1.807) is 25.4 Å². The second-order valence-electron chi connectivity index (χ2n) is 5.96. The van der Waals surface area contributed by atoms with E-state index in [-0.39, 0.29) is 11.8 Å². The molecule has 2 aromatic heterocycles. The van der Waals surface area contributed by atoms with Crippen LogP contribution in [0.5, 0.6) is 11.5 Å². The zero-order valence-electron chi connectivity index (χ0n) is 13.7. The minimum atomic E-state index is -0.147. The summed E-state index contributed by atoms with van der Waals surface area (Å²) in [6, 6.07) is 9.18. The Balaban J connectivity index is 1.38. The summed E-state index contributed by atoms with van der Waals surface area (Å²) in [6.45, 7) is 1.11. The molecule has 25 heavy (non-hydrogen) atoms. The van der Waals surface area contributed by atoms with Crippen molar-refractivity contribution in [3.63, 3.8) is 0 Å². The van der Waals surface area contributed by atoms with Crippen molar-refractivity contribution in [2.75, 3.05) is 20.3 Å². The van der Waals surface area contributed by atoms with Gasteiger partial charge in [0.2, 0.25) is 0 Å². The molecule has 0 bridgehead atoms. The van der Waals surface area contributed by atoms with E-state index in [9.17, 15) is 4.79 Å². The Labute approximate surface area is 143 Å². The van der Waals surface area contributed by atoms with Crippen molar-refractivity contribution in [3.8, 4) is 11.5 Å². The number of ether oxygens (including phenoxy) is 2. The van der Waals surface area contributed by atoms with Gasteiger partial charge in [0.25, 0.3) is 5.91 Å². The Kier molecular flexibility index (Phi) is 3.93. The number of fused-ring (bicyclic) bond motifs is 2. The highest BCUT2D eigenvalue weighted by Crippen LogP contribution is 2.30. The highest BCUT2D eigenvalue weighted by Gasteiger charge is 2.21. The summed E-state index contributed by atoms with van der Waals surface area (Å²) >= 11 is 0. The Bertz CT molecular complexity index is 924. The smallest absolute Gasteiger partial charge is 0.251 e. The monoisotopic (exact) mass is 339 g/mol. The molecule has 0 saturated heterocycles. The van der Waals surface area contributed by atoms with Crippen LogP contribution >= 0.6 is 0 Å². The second-order valence-corrected chi connectivity index (χ2v) is 5.96. The Morgan fingerprint density at radius 2 is 2.32 bits per heavy atom. The van der Waals surface area contributed by atoms with E-state index >= 15 is 0 Å². The predicted molar refractivity (Wildman–Crippen MR) is 88.8 cm³/mol. The lowest BCUT2D eigenvalue weighted by molar-refractivity contribution is 0.0939. The van der Waals surface area contributed by atoms with Gasteiger partial charge in [0.15, 0.2) is 5.65 Å². The first-order valence-electron chi connectivity index (χ1n) is 7.98. The molecular weight excluding hydrogens is 322 g/mol. The molecule has 8 heteroatoms. The van der Waals surface area contributed by atoms with Gasteiger partial charge in [0.1, 0.15) is 11.5 Å². The van der Waals surface area contributed by atoms with E-state index in [2.05, 4.69) is 20.8 Å². The molecule has 0 unspecified atom stereocenters. The summed E-state index contributed by atoms with van der Waals surface area (Å²) in [5.74, 6) is 1.71. The van der Waals surface area contributed by atoms with Gasteiger partial charge in [0, 0.05) is 30.3 Å². The maximum atomic E-state index is 12.3. The fourth-order valence-corrected chi connectivity index (χ4v) is 2.89. The number of carbonyl (C=O) groups is 1. The number of tetrazole rings is 1. The van der Waals surface area contributed by atoms with Gasteiger partial charge in [-0.3, -0.25) is 4.79 Å². The van der Waals surface area contributed by atoms with Crippen LogP contribution in [0.15, 0.2) is 36.5 Å². The summed E-state index contributed by atoms with van der Waals surface area (Å²) in [7, 11) is 1.63. The van der Waals surface area contributed by atoms with Gasteiger partial charge in [-0.05, 0) is 40.6 Å². The minimum Gasteiger partial charge on any atom is -0.497 e. The van der Waals surface area contributed by atoms with E-state index in [0.717, 1.165) is 23.5 Å². The van der Waals surface area contributed by atoms with E-state index in [1.807, 2.05) is 18.2 Å². The molecular formula is C17H17N5O3. The molecule has 1 aromatic carbocycles. The zero-order chi connectivity index (χ0) is 17.2. The van der Waals surface area contributed by atoms with Gasteiger partial charge in [-0.1, -0.05) is 6.07 Å². The van der Waals surface area contributed by atoms with Crippen LogP contribution in [-0.4, -0.2) is 46.2 Å². The molecule has 4 rings (SSSR count). The van der Waals surface area contributed by atoms with E-state index in [0.29, 0.717) is 24.4 Å². The van der Waals surface area contributed by atoms with Gasteiger partial charge in [0.05, 0.1) is 13.7 Å². The topological polar surface area (TPSA) is 90.6 Å². The van der Waals surface area contributed by atoms with Crippen molar-refractivity contribution in [1.82, 2.24) is 25.4 Å². The second kappa shape index (κ2) is 6.39. The van der Waals surface area contributed by atoms with Gasteiger partial charge in [-0.2, -0.15) is 0 Å². The first-order chi connectivity index (χ1) is 12.2. The number of rotatable bonds is 4. The van der Waals surface area contributed by atoms with Gasteiger partial charge in [-0.25, -0.2) is 4.52 Å². The summed E-state index contributed by atoms with van der Waals surface area (Å²) in [5.41, 5.74) is 2.20. The number of hydrogen-bond donors (Lipinski definition) is 1. The number of nitrogens with zero attached hydrogens (tertiary/aromatic N) is 4. The van der Waals surface area contributed by atoms with Crippen LogP contribution in [0.1, 0.15) is 15.9 Å². The summed E-state index contributed by atoms with van der Waals surface area (Å²) in [5, 5.41) is 14.1. The molecule has 0 radical (unpaired) electrons. The number of amides is 1. The Hall–Kier alpha value is -3.16. The highest BCUT2D eigenvalue weighted by molar-refractivity contribution is 5.94. The lowest BCUT2D eigenvalue weighted by Gasteiger charge is -2.25. The summed E-state index contributed by atoms with van der Waals surface area (Å²) in [6.07, 6.45) is 2.52. The predicted octanol–water partition coefficient (Wildman–Crippen LogP) is 1.11. The molecule has 0 spiro atoms. The molecule has 1 aliphatic rings. The Morgan fingerprint density at radius 3 is 3.20 bits per heavy atom. The van der Waals surface area contributed by atoms with Crippen molar-refractivity contribution < 1.29 is 14.3 Å². The average Bonchev–Trinajstić information content (AvgIpc) is 3.13. The molecule has 0 aliphatic carbocycles. The molecule has 3 heterocycles. The number of nitrogens with one attached hydrogen (secondary N) is 1. The quantitative estimate of drug-likeness (QED) is 0.766. The van der Waals surface area contributed by atoms with Gasteiger partial charge in [-0.15, -0.1) is 5.10 Å². The standard InChI is InChI=1S/C17H17N5O3/c1-24-14-3-2-12-6-11(10-25-15(12)8-14)9-18-17(23)13-4-5-22-16(7-13)19-20-21-22/h2-5,7-8,11H,6,9-10H2,1H3,(H,18,23)/t11-/m1/s1. The molecule has 1 atom stereocenters. The largest absolute Gasteiger partial charge is 0.497 e. The molecule has 1 amide bonds. The van der Waals surface area contributed by atoms with Gasteiger partial charge >= 0.3 is 0 Å². The number of methoxy groups -OCH3 is 1. The average molecular weight is 339 g/mol. The molecule has 1 N–H and O–H groups in total. The number of benzene rings is 1. The minimum absolute atomic E-state index is 0.147. The van der Waals surface area contributed by atoms with Crippen LogP contribution < -0.4 is 14.8 Å². The van der Waals surface area contributed by atoms with Crippen molar-refractivity contribution in [3.05, 3.63) is 47.7 Å². The van der Waals surface area contributed by atoms with E-state index in [4.69, 9.17) is 9.47 Å². The van der Waals surface area contributed by atoms with E-state index in [1.165, 1.54) is 4.52 Å². The molecule has 0 saturated carbocycles. The number of aromatic nitrogens is 4. The van der Waals surface area contributed by atoms with Crippen LogP contribution in [0.3, 0.4) is 0 Å². The normalized spacial score (nSPS) is 16.1. The van der Waals surface area contributed by atoms with Crippen LogP contribution in [0.2, 0.25) is 0 Å². The third-order valence-corrected chi connectivity index (χ3v) is 4.27. The first kappa shape index (κ1) is 15.4. The lowest BCUT2D eigenvalue weighted by Crippen LogP contribution is -2.34. The fraction of sp³-hybridized carbons (Fsp3) is 0.294. The van der Waals surface area contributed by atoms with Gasteiger partial charge < -0.3 is 14.8 Å². The van der Waals surface area contributed by atoms with Crippen LogP contribution in [0.25, 0.3) is 5.65 Å². The van der Waals surface area contributed by atoms with Crippen molar-refractivity contribution in [1.29, 1.82) is 0 Å². The fourth-order valence-electron chi connectivity index (χ4n) is 2.89. The molecule has 1 aliphatic heterocycles. The van der Waals surface area contributed by atoms with Crippen LogP contribution in [0, 0.1) is 5.92 Å². The van der Waals surface area contributed by atoms with Crippen molar-refractivity contribution in [2.24, 2.45) is 5.92 Å². The SMILES string of the molecule is COc1ccc2c(c1)OC[C@@H](CNC(=O)c1ccn3nnnc3c1)C2. The summed E-state index contributed by atoms with van der Waals surface area (Å²) in [4.78, 5) is 12.3. The third-order valence-electron chi connectivity index (χ3n) is 4.27. The van der Waals surface area contributed by atoms with Crippen LogP contribution in [-0.2, 0) is 6.42 Å². The maximum absolute atomic E-state index is 12.3. The van der Waals surface area contributed by atoms with E-state index < -0.39 is 0 Å². The number of pyridine rings is 1.